The third-order valence-corrected chi connectivity index (χ3v) is 6.39. The van der Waals surface area contributed by atoms with Gasteiger partial charge in [0.05, 0.1) is 31.4 Å². The normalized spacial score (nSPS) is 16.6. The quantitative estimate of drug-likeness (QED) is 0.572. The van der Waals surface area contributed by atoms with Crippen LogP contribution in [0.4, 0.5) is 5.82 Å². The van der Waals surface area contributed by atoms with Crippen LogP contribution in [-0.2, 0) is 13.0 Å². The molecule has 33 heavy (non-hydrogen) atoms. The maximum absolute atomic E-state index is 13.1. The molecule has 3 aromatic rings. The molecule has 0 saturated carbocycles. The molecule has 2 aromatic carbocycles. The molecular weight excluding hydrogens is 418 g/mol. The van der Waals surface area contributed by atoms with E-state index in [0.717, 1.165) is 46.1 Å². The van der Waals surface area contributed by atoms with Gasteiger partial charge in [-0.3, -0.25) is 14.5 Å². The molecule has 2 amide bonds. The number of nitrogens with zero attached hydrogens (tertiary/aromatic N) is 2. The number of aromatic nitrogens is 1. The largest absolute Gasteiger partial charge is 0.497 e. The zero-order valence-corrected chi connectivity index (χ0v) is 18.8. The molecule has 1 atom stereocenters. The molecule has 0 fully saturated rings. The number of aryl methyl sites for hydroxylation is 1. The standard InChI is InChI=1S/C26H25N3O4/c1-15-12-21-18(24(28-15)27-14-16-8-9-17(32-2)13-23(16)33-3)10-11-22(21)29-25(30)19-6-4-5-7-20(19)26(29)31/h4-9,12-13,22H,10-11,14H2,1-3H3,(H,27,28)/t22-/m1/s1. The van der Waals surface area contributed by atoms with E-state index in [-0.39, 0.29) is 17.9 Å². The Morgan fingerprint density at radius 3 is 2.42 bits per heavy atom. The number of rotatable bonds is 6. The van der Waals surface area contributed by atoms with Crippen molar-refractivity contribution in [1.82, 2.24) is 9.88 Å². The zero-order chi connectivity index (χ0) is 23.1. The second kappa shape index (κ2) is 8.24. The lowest BCUT2D eigenvalue weighted by Gasteiger charge is -2.23. The molecule has 2 heterocycles. The van der Waals surface area contributed by atoms with Gasteiger partial charge in [-0.15, -0.1) is 0 Å². The first-order chi connectivity index (χ1) is 16.0. The van der Waals surface area contributed by atoms with Gasteiger partial charge in [0.15, 0.2) is 0 Å². The summed E-state index contributed by atoms with van der Waals surface area (Å²) >= 11 is 0. The molecule has 7 nitrogen and oxygen atoms in total. The van der Waals surface area contributed by atoms with E-state index in [1.54, 1.807) is 38.5 Å². The summed E-state index contributed by atoms with van der Waals surface area (Å²) in [4.78, 5) is 32.3. The SMILES string of the molecule is COc1ccc(CNc2nc(C)cc3c2CC[C@H]3N2C(=O)c3ccccc3C2=O)c(OC)c1. The van der Waals surface area contributed by atoms with Crippen molar-refractivity contribution >= 4 is 17.6 Å². The summed E-state index contributed by atoms with van der Waals surface area (Å²) in [5.41, 5.74) is 4.81. The van der Waals surface area contributed by atoms with E-state index < -0.39 is 0 Å². The Bertz CT molecular complexity index is 1240. The van der Waals surface area contributed by atoms with Crippen LogP contribution in [0.3, 0.4) is 0 Å². The van der Waals surface area contributed by atoms with Crippen LogP contribution in [0, 0.1) is 6.92 Å². The van der Waals surface area contributed by atoms with Gasteiger partial charge in [0.25, 0.3) is 11.8 Å². The monoisotopic (exact) mass is 443 g/mol. The lowest BCUT2D eigenvalue weighted by Crippen LogP contribution is -2.33. The highest BCUT2D eigenvalue weighted by atomic mass is 16.5. The van der Waals surface area contributed by atoms with Crippen molar-refractivity contribution in [3.05, 3.63) is 82.0 Å². The highest BCUT2D eigenvalue weighted by molar-refractivity contribution is 6.21. The molecular formula is C26H25N3O4. The van der Waals surface area contributed by atoms with Gasteiger partial charge in [-0.25, -0.2) is 4.98 Å². The van der Waals surface area contributed by atoms with Crippen LogP contribution in [0.2, 0.25) is 0 Å². The van der Waals surface area contributed by atoms with Crippen LogP contribution < -0.4 is 14.8 Å². The van der Waals surface area contributed by atoms with Crippen molar-refractivity contribution in [2.45, 2.75) is 32.4 Å². The molecule has 5 rings (SSSR count). The van der Waals surface area contributed by atoms with Crippen molar-refractivity contribution in [1.29, 1.82) is 0 Å². The summed E-state index contributed by atoms with van der Waals surface area (Å²) in [5, 5.41) is 3.44. The Kier molecular flexibility index (Phi) is 5.24. The Morgan fingerprint density at radius 2 is 1.76 bits per heavy atom. The number of imide groups is 1. The second-order valence-corrected chi connectivity index (χ2v) is 8.29. The number of hydrogen-bond acceptors (Lipinski definition) is 6. The summed E-state index contributed by atoms with van der Waals surface area (Å²) in [6.45, 7) is 2.45. The summed E-state index contributed by atoms with van der Waals surface area (Å²) in [6, 6.07) is 14.4. The predicted octanol–water partition coefficient (Wildman–Crippen LogP) is 4.30. The second-order valence-electron chi connectivity index (χ2n) is 8.29. The molecule has 1 aliphatic heterocycles. The number of carbonyl (C=O) groups is 2. The lowest BCUT2D eigenvalue weighted by molar-refractivity contribution is 0.0582. The lowest BCUT2D eigenvalue weighted by atomic mass is 10.1. The molecule has 0 spiro atoms. The molecule has 0 saturated heterocycles. The maximum Gasteiger partial charge on any atom is 0.262 e. The third-order valence-electron chi connectivity index (χ3n) is 6.39. The van der Waals surface area contributed by atoms with Gasteiger partial charge in [-0.1, -0.05) is 12.1 Å². The summed E-state index contributed by atoms with van der Waals surface area (Å²) in [6.07, 6.45) is 1.43. The highest BCUT2D eigenvalue weighted by Gasteiger charge is 2.43. The minimum Gasteiger partial charge on any atom is -0.497 e. The van der Waals surface area contributed by atoms with E-state index in [9.17, 15) is 9.59 Å². The van der Waals surface area contributed by atoms with Crippen molar-refractivity contribution in [3.63, 3.8) is 0 Å². The van der Waals surface area contributed by atoms with Crippen LogP contribution in [0.1, 0.15) is 55.6 Å². The first-order valence-corrected chi connectivity index (χ1v) is 10.9. The van der Waals surface area contributed by atoms with Crippen molar-refractivity contribution in [2.24, 2.45) is 0 Å². The fraction of sp³-hybridized carbons (Fsp3) is 0.269. The van der Waals surface area contributed by atoms with Gasteiger partial charge in [-0.2, -0.15) is 0 Å². The summed E-state index contributed by atoms with van der Waals surface area (Å²) in [5.74, 6) is 1.80. The van der Waals surface area contributed by atoms with E-state index >= 15 is 0 Å². The fourth-order valence-electron chi connectivity index (χ4n) is 4.80. The smallest absolute Gasteiger partial charge is 0.262 e. The van der Waals surface area contributed by atoms with Gasteiger partial charge in [-0.05, 0) is 61.2 Å². The molecule has 1 aromatic heterocycles. The minimum absolute atomic E-state index is 0.222. The van der Waals surface area contributed by atoms with E-state index in [1.807, 2.05) is 31.2 Å². The highest BCUT2D eigenvalue weighted by Crippen LogP contribution is 2.42. The summed E-state index contributed by atoms with van der Waals surface area (Å²) < 4.78 is 10.8. The minimum atomic E-state index is -0.287. The molecule has 0 radical (unpaired) electrons. The summed E-state index contributed by atoms with van der Waals surface area (Å²) in [7, 11) is 3.25. The van der Waals surface area contributed by atoms with Crippen LogP contribution in [0.15, 0.2) is 48.5 Å². The molecule has 168 valence electrons. The average molecular weight is 444 g/mol. The number of nitrogens with one attached hydrogen (secondary N) is 1. The molecule has 0 bridgehead atoms. The molecule has 2 aliphatic rings. The maximum atomic E-state index is 13.1. The molecule has 1 N–H and O–H groups in total. The topological polar surface area (TPSA) is 80.8 Å². The molecule has 7 heteroatoms. The Morgan fingerprint density at radius 1 is 1.03 bits per heavy atom. The number of fused-ring (bicyclic) bond motifs is 2. The number of ether oxygens (including phenoxy) is 2. The third kappa shape index (κ3) is 3.50. The molecule has 0 unspecified atom stereocenters. The predicted molar refractivity (Wildman–Crippen MR) is 124 cm³/mol. The number of anilines is 1. The van der Waals surface area contributed by atoms with Gasteiger partial charge in [0.2, 0.25) is 0 Å². The Labute approximate surface area is 192 Å². The number of hydrogen-bond donors (Lipinski definition) is 1. The fourth-order valence-corrected chi connectivity index (χ4v) is 4.80. The van der Waals surface area contributed by atoms with Crippen LogP contribution in [0.5, 0.6) is 11.5 Å². The van der Waals surface area contributed by atoms with E-state index in [0.29, 0.717) is 24.1 Å². The van der Waals surface area contributed by atoms with Crippen LogP contribution in [-0.4, -0.2) is 35.9 Å². The van der Waals surface area contributed by atoms with E-state index in [2.05, 4.69) is 5.32 Å². The van der Waals surface area contributed by atoms with Crippen molar-refractivity contribution < 1.29 is 19.1 Å². The van der Waals surface area contributed by atoms with Crippen molar-refractivity contribution in [3.8, 4) is 11.5 Å². The van der Waals surface area contributed by atoms with E-state index in [4.69, 9.17) is 14.5 Å². The number of benzene rings is 2. The van der Waals surface area contributed by atoms with E-state index in [1.165, 1.54) is 4.90 Å². The number of pyridine rings is 1. The molecule has 1 aliphatic carbocycles. The van der Waals surface area contributed by atoms with Gasteiger partial charge >= 0.3 is 0 Å². The first kappa shape index (κ1) is 21.0. The van der Waals surface area contributed by atoms with Gasteiger partial charge in [0, 0.05) is 23.9 Å². The Balaban J connectivity index is 1.43. The zero-order valence-electron chi connectivity index (χ0n) is 18.8. The number of methoxy groups -OCH3 is 2. The van der Waals surface area contributed by atoms with Crippen LogP contribution >= 0.6 is 0 Å². The van der Waals surface area contributed by atoms with Gasteiger partial charge in [0.1, 0.15) is 17.3 Å². The van der Waals surface area contributed by atoms with Gasteiger partial charge < -0.3 is 14.8 Å². The van der Waals surface area contributed by atoms with Crippen LogP contribution in [0.25, 0.3) is 0 Å². The average Bonchev–Trinajstić information content (AvgIpc) is 3.35. The van der Waals surface area contributed by atoms with Crippen molar-refractivity contribution in [2.75, 3.05) is 19.5 Å². The Hall–Kier alpha value is -3.87. The number of carbonyl (C=O) groups excluding carboxylic acids is 2. The number of amides is 2. The first-order valence-electron chi connectivity index (χ1n) is 10.9.